The molecule has 0 fully saturated rings. The summed E-state index contributed by atoms with van der Waals surface area (Å²) in [4.78, 5) is 12.3. The van der Waals surface area contributed by atoms with Crippen LogP contribution in [0.15, 0.2) is 80.7 Å². The Morgan fingerprint density at radius 3 is 2.69 bits per heavy atom. The number of ether oxygens (including phenoxy) is 2. The molecule has 0 aliphatic carbocycles. The lowest BCUT2D eigenvalue weighted by Gasteiger charge is -2.13. The van der Waals surface area contributed by atoms with Crippen molar-refractivity contribution >= 4 is 50.6 Å². The second-order valence-corrected chi connectivity index (χ2v) is 8.01. The van der Waals surface area contributed by atoms with E-state index in [-0.39, 0.29) is 5.76 Å². The summed E-state index contributed by atoms with van der Waals surface area (Å²) < 4.78 is 17.6. The van der Waals surface area contributed by atoms with Crippen molar-refractivity contribution < 1.29 is 18.7 Å². The number of carbonyl (C=O) groups excluding carboxylic acids is 1. The number of halogens is 2. The Morgan fingerprint density at radius 2 is 1.91 bits per heavy atom. The van der Waals surface area contributed by atoms with Gasteiger partial charge in [-0.3, -0.25) is 4.79 Å². The van der Waals surface area contributed by atoms with E-state index in [9.17, 15) is 4.79 Å². The molecule has 0 spiro atoms. The lowest BCUT2D eigenvalue weighted by atomic mass is 10.2. The topological polar surface area (TPSA) is 73.1 Å². The molecule has 32 heavy (non-hydrogen) atoms. The number of methoxy groups -OCH3 is 1. The minimum atomic E-state index is -0.444. The Balaban J connectivity index is 1.45. The number of rotatable bonds is 7. The van der Waals surface area contributed by atoms with Crippen molar-refractivity contribution in [3.63, 3.8) is 0 Å². The number of nitrogens with zero attached hydrogens (tertiary/aromatic N) is 1. The molecule has 0 aliphatic rings. The fraction of sp³-hybridized carbons (Fsp3) is 0.0833. The van der Waals surface area contributed by atoms with Crippen LogP contribution >= 0.6 is 27.5 Å². The summed E-state index contributed by atoms with van der Waals surface area (Å²) in [6.07, 6.45) is 1.50. The molecule has 0 bridgehead atoms. The number of para-hydroxylation sites is 1. The maximum absolute atomic E-state index is 12.3. The van der Waals surface area contributed by atoms with Gasteiger partial charge in [0.2, 0.25) is 0 Å². The number of hydrogen-bond acceptors (Lipinski definition) is 5. The molecular weight excluding hydrogens is 496 g/mol. The highest BCUT2D eigenvalue weighted by atomic mass is 79.9. The summed E-state index contributed by atoms with van der Waals surface area (Å²) in [6, 6.07) is 20.1. The first-order valence-corrected chi connectivity index (χ1v) is 10.8. The van der Waals surface area contributed by atoms with Gasteiger partial charge in [0.15, 0.2) is 17.3 Å². The predicted octanol–water partition coefficient (Wildman–Crippen LogP) is 6.20. The third-order valence-electron chi connectivity index (χ3n) is 4.64. The monoisotopic (exact) mass is 512 g/mol. The van der Waals surface area contributed by atoms with Crippen molar-refractivity contribution in [1.82, 2.24) is 5.43 Å². The average Bonchev–Trinajstić information content (AvgIpc) is 3.24. The van der Waals surface area contributed by atoms with E-state index in [1.807, 2.05) is 42.5 Å². The quantitative estimate of drug-likeness (QED) is 0.236. The van der Waals surface area contributed by atoms with Gasteiger partial charge in [-0.15, -0.1) is 0 Å². The van der Waals surface area contributed by atoms with Gasteiger partial charge in [-0.2, -0.15) is 5.10 Å². The number of fused-ring (bicyclic) bond motifs is 1. The fourth-order valence-corrected chi connectivity index (χ4v) is 3.62. The predicted molar refractivity (Wildman–Crippen MR) is 128 cm³/mol. The largest absolute Gasteiger partial charge is 0.493 e. The van der Waals surface area contributed by atoms with Crippen LogP contribution in [0.2, 0.25) is 5.02 Å². The lowest BCUT2D eigenvalue weighted by molar-refractivity contribution is 0.0929. The van der Waals surface area contributed by atoms with E-state index in [1.54, 1.807) is 31.4 Å². The molecule has 8 heteroatoms. The first-order chi connectivity index (χ1) is 15.5. The summed E-state index contributed by atoms with van der Waals surface area (Å²) in [7, 11) is 1.55. The lowest BCUT2D eigenvalue weighted by Crippen LogP contribution is -2.16. The molecule has 1 amide bonds. The molecule has 4 aromatic rings. The van der Waals surface area contributed by atoms with Crippen LogP contribution < -0.4 is 14.9 Å². The third kappa shape index (κ3) is 4.95. The molecule has 0 atom stereocenters. The highest BCUT2D eigenvalue weighted by molar-refractivity contribution is 9.10. The molecule has 0 saturated carbocycles. The second kappa shape index (κ2) is 9.89. The molecule has 1 N–H and O–H groups in total. The van der Waals surface area contributed by atoms with Crippen molar-refractivity contribution in [1.29, 1.82) is 0 Å². The molecule has 162 valence electrons. The van der Waals surface area contributed by atoms with Crippen LogP contribution in [-0.2, 0) is 6.61 Å². The van der Waals surface area contributed by atoms with Gasteiger partial charge in [0, 0.05) is 26.0 Å². The molecule has 4 rings (SSSR count). The maximum atomic E-state index is 12.3. The van der Waals surface area contributed by atoms with Crippen molar-refractivity contribution in [2.45, 2.75) is 6.61 Å². The minimum absolute atomic E-state index is 0.184. The zero-order chi connectivity index (χ0) is 22.5. The van der Waals surface area contributed by atoms with Crippen LogP contribution in [0.1, 0.15) is 21.7 Å². The van der Waals surface area contributed by atoms with E-state index in [4.69, 9.17) is 25.5 Å². The molecule has 1 heterocycles. The zero-order valence-electron chi connectivity index (χ0n) is 17.0. The number of nitrogens with one attached hydrogen (secondary N) is 1. The number of hydrazone groups is 1. The first kappa shape index (κ1) is 21.9. The van der Waals surface area contributed by atoms with Crippen LogP contribution in [0.25, 0.3) is 11.0 Å². The molecule has 3 aromatic carbocycles. The van der Waals surface area contributed by atoms with Crippen LogP contribution in [0.3, 0.4) is 0 Å². The number of benzene rings is 3. The van der Waals surface area contributed by atoms with Gasteiger partial charge >= 0.3 is 5.91 Å². The SMILES string of the molecule is COc1cc(/C=N/NC(=O)c2cc3ccccc3o2)c(Br)cc1OCc1ccccc1Cl. The van der Waals surface area contributed by atoms with E-state index < -0.39 is 5.91 Å². The number of carbonyl (C=O) groups is 1. The van der Waals surface area contributed by atoms with Crippen molar-refractivity contribution in [3.8, 4) is 11.5 Å². The Morgan fingerprint density at radius 1 is 1.12 bits per heavy atom. The van der Waals surface area contributed by atoms with Gasteiger partial charge in [-0.25, -0.2) is 5.43 Å². The van der Waals surface area contributed by atoms with E-state index in [0.717, 1.165) is 10.9 Å². The third-order valence-corrected chi connectivity index (χ3v) is 5.70. The van der Waals surface area contributed by atoms with Crippen molar-refractivity contribution in [2.24, 2.45) is 5.10 Å². The van der Waals surface area contributed by atoms with Gasteiger partial charge in [-0.1, -0.05) is 48.0 Å². The second-order valence-electron chi connectivity index (χ2n) is 6.75. The van der Waals surface area contributed by atoms with Gasteiger partial charge in [0.1, 0.15) is 12.2 Å². The highest BCUT2D eigenvalue weighted by Gasteiger charge is 2.13. The van der Waals surface area contributed by atoms with Crippen LogP contribution in [-0.4, -0.2) is 19.2 Å². The van der Waals surface area contributed by atoms with E-state index in [1.165, 1.54) is 6.21 Å². The summed E-state index contributed by atoms with van der Waals surface area (Å²) in [5.41, 5.74) is 4.67. The average molecular weight is 514 g/mol. The van der Waals surface area contributed by atoms with Gasteiger partial charge in [0.05, 0.1) is 13.3 Å². The zero-order valence-corrected chi connectivity index (χ0v) is 19.3. The van der Waals surface area contributed by atoms with Crippen molar-refractivity contribution in [2.75, 3.05) is 7.11 Å². The van der Waals surface area contributed by atoms with Gasteiger partial charge in [-0.05, 0) is 46.3 Å². The fourth-order valence-electron chi connectivity index (χ4n) is 3.00. The summed E-state index contributed by atoms with van der Waals surface area (Å²) in [5.74, 6) is 0.802. The molecule has 0 radical (unpaired) electrons. The Labute approximate surface area is 197 Å². The molecular formula is C24H18BrClN2O4. The van der Waals surface area contributed by atoms with Gasteiger partial charge in [0.25, 0.3) is 0 Å². The number of hydrogen-bond donors (Lipinski definition) is 1. The molecule has 0 saturated heterocycles. The Kier molecular flexibility index (Phi) is 6.78. The number of amides is 1. The van der Waals surface area contributed by atoms with Gasteiger partial charge < -0.3 is 13.9 Å². The molecule has 0 aliphatic heterocycles. The molecule has 0 unspecified atom stereocenters. The van der Waals surface area contributed by atoms with Crippen LogP contribution in [0.4, 0.5) is 0 Å². The maximum Gasteiger partial charge on any atom is 0.307 e. The smallest absolute Gasteiger partial charge is 0.307 e. The normalized spacial score (nSPS) is 11.1. The van der Waals surface area contributed by atoms with E-state index >= 15 is 0 Å². The van der Waals surface area contributed by atoms with Crippen LogP contribution in [0, 0.1) is 0 Å². The summed E-state index contributed by atoms with van der Waals surface area (Å²) >= 11 is 9.69. The van der Waals surface area contributed by atoms with E-state index in [0.29, 0.717) is 38.7 Å². The van der Waals surface area contributed by atoms with Crippen LogP contribution in [0.5, 0.6) is 11.5 Å². The van der Waals surface area contributed by atoms with E-state index in [2.05, 4.69) is 26.5 Å². The molecule has 6 nitrogen and oxygen atoms in total. The minimum Gasteiger partial charge on any atom is -0.493 e. The Hall–Kier alpha value is -3.29. The molecule has 1 aromatic heterocycles. The summed E-state index contributed by atoms with van der Waals surface area (Å²) in [6.45, 7) is 0.295. The first-order valence-electron chi connectivity index (χ1n) is 9.61. The highest BCUT2D eigenvalue weighted by Crippen LogP contribution is 2.34. The summed E-state index contributed by atoms with van der Waals surface area (Å²) in [5, 5.41) is 5.51. The standard InChI is InChI=1S/C24H18BrClN2O4/c1-30-21-11-17(18(25)12-22(21)31-14-16-7-2-4-8-19(16)26)13-27-28-24(29)23-10-15-6-3-5-9-20(15)32-23/h2-13H,14H2,1H3,(H,28,29)/b27-13+. The Bertz CT molecular complexity index is 1270. The van der Waals surface area contributed by atoms with Crippen molar-refractivity contribution in [3.05, 3.63) is 93.1 Å². The number of furan rings is 1.